The number of fused-ring (bicyclic) bond motifs is 1. The third-order valence-corrected chi connectivity index (χ3v) is 4.43. The highest BCUT2D eigenvalue weighted by atomic mass is 19.4. The van der Waals surface area contributed by atoms with Crippen LogP contribution in [0.15, 0.2) is 18.3 Å². The maximum absolute atomic E-state index is 12.3. The van der Waals surface area contributed by atoms with Gasteiger partial charge in [0.1, 0.15) is 6.10 Å². The molecule has 0 aromatic carbocycles. The molecule has 0 aliphatic carbocycles. The number of carbonyl (C=O) groups excluding carboxylic acids is 1. The zero-order valence-corrected chi connectivity index (χ0v) is 14.3. The minimum Gasteiger partial charge on any atom is -0.380 e. The second-order valence-electron chi connectivity index (χ2n) is 6.35. The number of carbonyl (C=O) groups is 1. The first-order valence-electron chi connectivity index (χ1n) is 8.32. The predicted octanol–water partition coefficient (Wildman–Crippen LogP) is 1.77. The summed E-state index contributed by atoms with van der Waals surface area (Å²) in [5.41, 5.74) is 1.70. The van der Waals surface area contributed by atoms with Gasteiger partial charge in [-0.05, 0) is 18.6 Å². The van der Waals surface area contributed by atoms with Gasteiger partial charge in [-0.15, -0.1) is 0 Å². The number of hydrogen-bond acceptors (Lipinski definition) is 4. The number of rotatable bonds is 4. The van der Waals surface area contributed by atoms with Gasteiger partial charge in [-0.3, -0.25) is 14.2 Å². The molecule has 0 radical (unpaired) electrons. The zero-order valence-electron chi connectivity index (χ0n) is 14.3. The van der Waals surface area contributed by atoms with E-state index in [4.69, 9.17) is 0 Å². The van der Waals surface area contributed by atoms with E-state index in [1.165, 1.54) is 4.90 Å². The maximum Gasteiger partial charge on any atom is 0.389 e. The van der Waals surface area contributed by atoms with Crippen LogP contribution in [0.1, 0.15) is 42.4 Å². The van der Waals surface area contributed by atoms with E-state index in [9.17, 15) is 23.1 Å². The molecule has 0 bridgehead atoms. The molecule has 2 aromatic rings. The molecule has 1 N–H and O–H groups in total. The second-order valence-corrected chi connectivity index (χ2v) is 6.35. The lowest BCUT2D eigenvalue weighted by atomic mass is 10.1. The van der Waals surface area contributed by atoms with E-state index >= 15 is 0 Å². The maximum atomic E-state index is 12.3. The molecule has 10 heteroatoms. The number of alkyl halides is 3. The van der Waals surface area contributed by atoms with Gasteiger partial charge in [-0.2, -0.15) is 23.4 Å². The van der Waals surface area contributed by atoms with Gasteiger partial charge < -0.3 is 10.0 Å². The Bertz CT molecular complexity index is 783. The molecule has 1 amide bonds. The lowest BCUT2D eigenvalue weighted by Crippen LogP contribution is -2.31. The van der Waals surface area contributed by atoms with Crippen LogP contribution in [-0.4, -0.2) is 48.2 Å². The van der Waals surface area contributed by atoms with Gasteiger partial charge >= 0.3 is 6.18 Å². The molecule has 3 rings (SSSR count). The first-order valence-corrected chi connectivity index (χ1v) is 8.32. The van der Waals surface area contributed by atoms with E-state index in [0.29, 0.717) is 36.6 Å². The van der Waals surface area contributed by atoms with E-state index in [1.54, 1.807) is 34.7 Å². The molecule has 3 heterocycles. The molecular weight excluding hydrogens is 351 g/mol. The molecule has 1 atom stereocenters. The summed E-state index contributed by atoms with van der Waals surface area (Å²) in [7, 11) is 1.71. The van der Waals surface area contributed by atoms with Crippen LogP contribution in [0.4, 0.5) is 13.2 Å². The lowest BCUT2D eigenvalue weighted by molar-refractivity contribution is -0.149. The lowest BCUT2D eigenvalue weighted by Gasteiger charge is -2.20. The van der Waals surface area contributed by atoms with Gasteiger partial charge in [0.05, 0.1) is 30.0 Å². The second kappa shape index (κ2) is 7.10. The molecule has 0 spiro atoms. The van der Waals surface area contributed by atoms with E-state index < -0.39 is 31.0 Å². The van der Waals surface area contributed by atoms with Crippen LogP contribution in [0, 0.1) is 0 Å². The summed E-state index contributed by atoms with van der Waals surface area (Å²) < 4.78 is 40.3. The first-order chi connectivity index (χ1) is 12.2. The zero-order chi connectivity index (χ0) is 18.9. The van der Waals surface area contributed by atoms with Crippen molar-refractivity contribution < 1.29 is 23.1 Å². The van der Waals surface area contributed by atoms with Crippen LogP contribution >= 0.6 is 0 Å². The van der Waals surface area contributed by atoms with Crippen molar-refractivity contribution in [3.05, 3.63) is 35.4 Å². The number of aryl methyl sites for hydroxylation is 2. The molecule has 0 unspecified atom stereocenters. The monoisotopic (exact) mass is 371 g/mol. The van der Waals surface area contributed by atoms with Gasteiger partial charge in [0.15, 0.2) is 0 Å². The SMILES string of the molecule is Cn1nccc1[C@H](O)c1cc2n(n1)CCCN(C(=O)CCC(F)(F)F)C2. The van der Waals surface area contributed by atoms with Crippen LogP contribution < -0.4 is 0 Å². The van der Waals surface area contributed by atoms with Crippen molar-refractivity contribution >= 4 is 5.91 Å². The third-order valence-electron chi connectivity index (χ3n) is 4.43. The normalized spacial score (nSPS) is 16.3. The number of halogens is 3. The van der Waals surface area contributed by atoms with Crippen LogP contribution in [0.5, 0.6) is 0 Å². The minimum absolute atomic E-state index is 0.182. The van der Waals surface area contributed by atoms with Gasteiger partial charge in [0, 0.05) is 32.8 Å². The number of aromatic nitrogens is 4. The standard InChI is InChI=1S/C16H20F3N5O2/c1-22-13(4-6-20-22)15(26)12-9-11-10-23(7-2-8-24(11)21-12)14(25)3-5-16(17,18)19/h4,6,9,15,26H,2-3,5,7-8,10H2,1H3/t15-/m1/s1. The van der Waals surface area contributed by atoms with Crippen molar-refractivity contribution in [1.29, 1.82) is 0 Å². The number of aliphatic hydroxyl groups is 1. The summed E-state index contributed by atoms with van der Waals surface area (Å²) in [5, 5.41) is 18.9. The van der Waals surface area contributed by atoms with Gasteiger partial charge in [0.2, 0.25) is 5.91 Å². The molecule has 0 fully saturated rings. The molecule has 1 aliphatic heterocycles. The average molecular weight is 371 g/mol. The van der Waals surface area contributed by atoms with Crippen molar-refractivity contribution in [2.45, 2.75) is 44.6 Å². The Kier molecular flexibility index (Phi) is 5.03. The summed E-state index contributed by atoms with van der Waals surface area (Å²) in [6, 6.07) is 3.37. The van der Waals surface area contributed by atoms with E-state index in [2.05, 4.69) is 10.2 Å². The fraction of sp³-hybridized carbons (Fsp3) is 0.562. The average Bonchev–Trinajstić information content (AvgIpc) is 3.12. The molecule has 1 aliphatic rings. The summed E-state index contributed by atoms with van der Waals surface area (Å²) in [5.74, 6) is -0.522. The highest BCUT2D eigenvalue weighted by Gasteiger charge is 2.30. The smallest absolute Gasteiger partial charge is 0.380 e. The molecule has 7 nitrogen and oxygen atoms in total. The Morgan fingerprint density at radius 3 is 2.81 bits per heavy atom. The highest BCUT2D eigenvalue weighted by molar-refractivity contribution is 5.76. The molecule has 2 aromatic heterocycles. The van der Waals surface area contributed by atoms with Gasteiger partial charge in [0.25, 0.3) is 0 Å². The Morgan fingerprint density at radius 2 is 2.15 bits per heavy atom. The molecule has 26 heavy (non-hydrogen) atoms. The number of amides is 1. The Morgan fingerprint density at radius 1 is 1.38 bits per heavy atom. The minimum atomic E-state index is -4.34. The van der Waals surface area contributed by atoms with Crippen molar-refractivity contribution in [3.63, 3.8) is 0 Å². The fourth-order valence-corrected chi connectivity index (χ4v) is 3.04. The van der Waals surface area contributed by atoms with Crippen molar-refractivity contribution in [1.82, 2.24) is 24.5 Å². The van der Waals surface area contributed by atoms with Crippen molar-refractivity contribution in [3.8, 4) is 0 Å². The Hall–Kier alpha value is -2.36. The van der Waals surface area contributed by atoms with E-state index in [0.717, 1.165) is 0 Å². The summed E-state index contributed by atoms with van der Waals surface area (Å²) in [4.78, 5) is 13.5. The Labute approximate surface area is 148 Å². The largest absolute Gasteiger partial charge is 0.389 e. The van der Waals surface area contributed by atoms with Crippen LogP contribution in [0.3, 0.4) is 0 Å². The van der Waals surface area contributed by atoms with Crippen LogP contribution in [-0.2, 0) is 24.9 Å². The van der Waals surface area contributed by atoms with Gasteiger partial charge in [-0.1, -0.05) is 0 Å². The third kappa shape index (κ3) is 4.06. The number of hydrogen-bond donors (Lipinski definition) is 1. The summed E-state index contributed by atoms with van der Waals surface area (Å²) in [6.07, 6.45) is -4.82. The molecule has 0 saturated carbocycles. The fourth-order valence-electron chi connectivity index (χ4n) is 3.04. The molecule has 142 valence electrons. The van der Waals surface area contributed by atoms with Gasteiger partial charge in [-0.25, -0.2) is 0 Å². The highest BCUT2D eigenvalue weighted by Crippen LogP contribution is 2.25. The predicted molar refractivity (Wildman–Crippen MR) is 84.8 cm³/mol. The quantitative estimate of drug-likeness (QED) is 0.889. The number of aliphatic hydroxyl groups excluding tert-OH is 1. The van der Waals surface area contributed by atoms with E-state index in [1.807, 2.05) is 0 Å². The number of nitrogens with zero attached hydrogens (tertiary/aromatic N) is 5. The summed E-state index contributed by atoms with van der Waals surface area (Å²) >= 11 is 0. The van der Waals surface area contributed by atoms with Crippen LogP contribution in [0.25, 0.3) is 0 Å². The topological polar surface area (TPSA) is 76.2 Å². The molecule has 0 saturated heterocycles. The van der Waals surface area contributed by atoms with Crippen molar-refractivity contribution in [2.75, 3.05) is 6.54 Å². The van der Waals surface area contributed by atoms with E-state index in [-0.39, 0.29) is 6.54 Å². The Balaban J connectivity index is 1.73. The first kappa shape index (κ1) is 18.4. The summed E-state index contributed by atoms with van der Waals surface area (Å²) in [6.45, 7) is 1.11. The molecular formula is C16H20F3N5O2. The van der Waals surface area contributed by atoms with Crippen LogP contribution in [0.2, 0.25) is 0 Å². The van der Waals surface area contributed by atoms with Crippen molar-refractivity contribution in [2.24, 2.45) is 7.05 Å².